The molecule has 358 valence electrons. The zero-order valence-electron chi connectivity index (χ0n) is 38.1. The summed E-state index contributed by atoms with van der Waals surface area (Å²) in [5.74, 6) is -3.91. The Morgan fingerprint density at radius 1 is 0.940 bits per heavy atom. The van der Waals surface area contributed by atoms with Crippen molar-refractivity contribution in [2.45, 2.75) is 72.0 Å². The largest absolute Gasteiger partial charge is 0.507 e. The number of piperidine rings is 1. The van der Waals surface area contributed by atoms with E-state index in [0.29, 0.717) is 86.6 Å². The van der Waals surface area contributed by atoms with E-state index in [1.165, 1.54) is 18.2 Å². The highest BCUT2D eigenvalue weighted by Crippen LogP contribution is 2.35. The number of ether oxygens (including phenoxy) is 4. The van der Waals surface area contributed by atoms with Gasteiger partial charge in [0, 0.05) is 54.1 Å². The van der Waals surface area contributed by atoms with Crippen molar-refractivity contribution in [1.82, 2.24) is 14.7 Å². The van der Waals surface area contributed by atoms with Crippen molar-refractivity contribution >= 4 is 70.3 Å². The predicted molar refractivity (Wildman–Crippen MR) is 248 cm³/mol. The van der Waals surface area contributed by atoms with Gasteiger partial charge in [-0.05, 0) is 102 Å². The number of phenolic OH excluding ortho intramolecular Hbond substituents is 1. The van der Waals surface area contributed by atoms with Crippen molar-refractivity contribution in [3.63, 3.8) is 0 Å². The number of nitrogens with one attached hydrogen (secondary N) is 2. The van der Waals surface area contributed by atoms with Gasteiger partial charge in [-0.25, -0.2) is 4.90 Å². The van der Waals surface area contributed by atoms with E-state index in [4.69, 9.17) is 36.3 Å². The highest BCUT2D eigenvalue weighted by Gasteiger charge is 2.48. The fraction of sp³-hybridized carbons (Fsp3) is 0.438. The summed E-state index contributed by atoms with van der Waals surface area (Å²) in [6.07, 6.45) is 4.24. The van der Waals surface area contributed by atoms with Gasteiger partial charge in [-0.15, -0.1) is 0 Å². The van der Waals surface area contributed by atoms with Crippen LogP contribution in [0.25, 0.3) is 6.08 Å². The Balaban J connectivity index is 0.907. The number of anilines is 2. The molecule has 2 atom stereocenters. The van der Waals surface area contributed by atoms with Gasteiger partial charge in [-0.2, -0.15) is 0 Å². The minimum absolute atomic E-state index is 0.0442. The molecule has 5 amide bonds. The average Bonchev–Trinajstić information content (AvgIpc) is 3.86. The maximum absolute atomic E-state index is 13.7. The van der Waals surface area contributed by atoms with E-state index in [2.05, 4.69) is 10.6 Å². The number of fused-ring (bicyclic) bond motifs is 1. The van der Waals surface area contributed by atoms with Gasteiger partial charge >= 0.3 is 5.97 Å². The average molecular weight is 945 g/mol. The molecule has 1 unspecified atom stereocenters. The number of ketones is 1. The Kier molecular flexibility index (Phi) is 16.8. The number of primary amides is 1. The maximum Gasteiger partial charge on any atom is 0.312 e. The van der Waals surface area contributed by atoms with Crippen molar-refractivity contribution in [3.05, 3.63) is 87.4 Å². The standard InChI is InChI=1S/C48H57ClN6O12/c1-5-66-40-26-39(57)33(24-30(40)27-53-19-7-10-36(53)43(50)59)38(56)15-12-29-11-13-31(25-34(29)49)51-17-20-64-22-23-65-21-18-52-35-9-6-8-32-42(35)46(62)55(44(32)60)37-14-16-41(58)54(45(37)61)28-67-47(63)48(2,3)4/h6,8-9,11-13,15,24-26,36-37,51-52,57H,5,7,10,14,16-23,27-28H2,1-4H3,(H2,50,59)/b15-12+/t36-,37?/m0/s1. The Hall–Kier alpha value is -6.34. The lowest BCUT2D eigenvalue weighted by molar-refractivity contribution is -0.168. The number of hydrogen-bond donors (Lipinski definition) is 4. The summed E-state index contributed by atoms with van der Waals surface area (Å²) in [5.41, 5.74) is 7.47. The molecule has 0 aliphatic carbocycles. The van der Waals surface area contributed by atoms with Crippen LogP contribution < -0.4 is 21.1 Å². The molecule has 6 rings (SSSR count). The highest BCUT2D eigenvalue weighted by molar-refractivity contribution is 6.32. The van der Waals surface area contributed by atoms with E-state index in [9.17, 15) is 38.7 Å². The monoisotopic (exact) mass is 944 g/mol. The molecule has 18 nitrogen and oxygen atoms in total. The highest BCUT2D eigenvalue weighted by atomic mass is 35.5. The Morgan fingerprint density at radius 3 is 2.36 bits per heavy atom. The summed E-state index contributed by atoms with van der Waals surface area (Å²) in [5, 5.41) is 17.5. The molecule has 3 heterocycles. The molecule has 2 fully saturated rings. The number of allylic oxidation sites excluding steroid dienone is 1. The number of phenols is 1. The van der Waals surface area contributed by atoms with Gasteiger partial charge in [-0.3, -0.25) is 43.4 Å². The van der Waals surface area contributed by atoms with Crippen LogP contribution >= 0.6 is 11.6 Å². The van der Waals surface area contributed by atoms with Crippen molar-refractivity contribution in [1.29, 1.82) is 0 Å². The third-order valence-electron chi connectivity index (χ3n) is 11.4. The first kappa shape index (κ1) is 50.1. The van der Waals surface area contributed by atoms with E-state index >= 15 is 0 Å². The Morgan fingerprint density at radius 2 is 1.67 bits per heavy atom. The molecule has 0 spiro atoms. The number of nitrogens with zero attached hydrogens (tertiary/aromatic N) is 3. The van der Waals surface area contributed by atoms with Gasteiger partial charge in [0.05, 0.1) is 61.2 Å². The van der Waals surface area contributed by atoms with Crippen LogP contribution in [0.1, 0.15) is 95.6 Å². The van der Waals surface area contributed by atoms with E-state index < -0.39 is 65.5 Å². The van der Waals surface area contributed by atoms with Gasteiger partial charge in [0.25, 0.3) is 17.7 Å². The van der Waals surface area contributed by atoms with Gasteiger partial charge in [0.2, 0.25) is 11.8 Å². The van der Waals surface area contributed by atoms with Crippen molar-refractivity contribution in [2.24, 2.45) is 11.1 Å². The zero-order valence-corrected chi connectivity index (χ0v) is 38.8. The summed E-state index contributed by atoms with van der Waals surface area (Å²) in [4.78, 5) is 94.3. The van der Waals surface area contributed by atoms with E-state index in [1.54, 1.807) is 57.2 Å². The number of nitrogens with two attached hydrogens (primary N) is 1. The molecule has 3 aromatic rings. The van der Waals surface area contributed by atoms with Crippen molar-refractivity contribution in [3.8, 4) is 11.5 Å². The molecule has 5 N–H and O–H groups in total. The minimum Gasteiger partial charge on any atom is -0.507 e. The van der Waals surface area contributed by atoms with Gasteiger partial charge in [-0.1, -0.05) is 23.7 Å². The third kappa shape index (κ3) is 12.2. The topological polar surface area (TPSA) is 236 Å². The molecule has 0 bridgehead atoms. The maximum atomic E-state index is 13.7. The number of carbonyl (C=O) groups is 7. The number of rotatable bonds is 22. The number of amides is 5. The molecular formula is C48H57ClN6O12. The summed E-state index contributed by atoms with van der Waals surface area (Å²) in [7, 11) is 0. The fourth-order valence-corrected chi connectivity index (χ4v) is 8.17. The number of hydrogen-bond acceptors (Lipinski definition) is 15. The van der Waals surface area contributed by atoms with E-state index in [0.717, 1.165) is 21.9 Å². The smallest absolute Gasteiger partial charge is 0.312 e. The first-order valence-corrected chi connectivity index (χ1v) is 22.6. The van der Waals surface area contributed by atoms with Crippen LogP contribution in [0.5, 0.6) is 11.5 Å². The fourth-order valence-electron chi connectivity index (χ4n) is 7.93. The zero-order chi connectivity index (χ0) is 48.4. The van der Waals surface area contributed by atoms with Crippen LogP contribution in [0, 0.1) is 5.41 Å². The lowest BCUT2D eigenvalue weighted by Crippen LogP contribution is -2.56. The molecule has 0 aromatic heterocycles. The van der Waals surface area contributed by atoms with Gasteiger partial charge in [0.1, 0.15) is 17.5 Å². The quantitative estimate of drug-likeness (QED) is 0.0341. The van der Waals surface area contributed by atoms with Crippen LogP contribution in [-0.4, -0.2) is 133 Å². The number of halogens is 1. The minimum atomic E-state index is -1.23. The summed E-state index contributed by atoms with van der Waals surface area (Å²) >= 11 is 6.55. The van der Waals surface area contributed by atoms with Gasteiger partial charge < -0.3 is 40.4 Å². The predicted octanol–water partition coefficient (Wildman–Crippen LogP) is 5.01. The first-order valence-electron chi connectivity index (χ1n) is 22.2. The second-order valence-corrected chi connectivity index (χ2v) is 17.6. The second kappa shape index (κ2) is 22.4. The van der Waals surface area contributed by atoms with Gasteiger partial charge in [0.15, 0.2) is 12.5 Å². The van der Waals surface area contributed by atoms with Crippen LogP contribution in [0.4, 0.5) is 11.4 Å². The molecule has 67 heavy (non-hydrogen) atoms. The molecule has 0 radical (unpaired) electrons. The Labute approximate surface area is 393 Å². The number of imide groups is 2. The summed E-state index contributed by atoms with van der Waals surface area (Å²) in [6.45, 7) is 9.47. The third-order valence-corrected chi connectivity index (χ3v) is 11.7. The number of benzene rings is 3. The first-order chi connectivity index (χ1) is 32.0. The van der Waals surface area contributed by atoms with Crippen molar-refractivity contribution in [2.75, 3.05) is 70.0 Å². The molecule has 0 saturated carbocycles. The van der Waals surface area contributed by atoms with Crippen LogP contribution in [0.2, 0.25) is 5.02 Å². The van der Waals surface area contributed by atoms with Crippen LogP contribution in [0.15, 0.2) is 54.6 Å². The molecule has 3 aliphatic rings. The van der Waals surface area contributed by atoms with E-state index in [1.807, 2.05) is 17.9 Å². The van der Waals surface area contributed by atoms with Crippen molar-refractivity contribution < 1.29 is 57.6 Å². The second-order valence-electron chi connectivity index (χ2n) is 17.2. The van der Waals surface area contributed by atoms with E-state index in [-0.39, 0.29) is 41.9 Å². The van der Waals surface area contributed by atoms with Crippen LogP contribution in [-0.2, 0) is 39.9 Å². The molecular weight excluding hydrogens is 888 g/mol. The molecule has 19 heteroatoms. The molecule has 2 saturated heterocycles. The number of carbonyl (C=O) groups excluding carboxylic acids is 7. The summed E-state index contributed by atoms with van der Waals surface area (Å²) in [6, 6.07) is 11.5. The summed E-state index contributed by atoms with van der Waals surface area (Å²) < 4.78 is 22.3. The normalized spacial score (nSPS) is 17.6. The Bertz CT molecular complexity index is 2420. The molecule has 3 aliphatic heterocycles. The number of likely N-dealkylation sites (tertiary alicyclic amines) is 2. The number of aromatic hydroxyl groups is 1. The SMILES string of the molecule is CCOc1cc(O)c(C(=O)/C=C/c2ccc(NCCOCCOCCNc3cccc4c3C(=O)N(C3CCC(=O)N(COC(=O)C(C)(C)C)C3=O)C4=O)cc2Cl)cc1CN1CCC[C@H]1C(N)=O. The molecule has 3 aromatic carbocycles. The lowest BCUT2D eigenvalue weighted by Gasteiger charge is -2.34. The van der Waals surface area contributed by atoms with Crippen LogP contribution in [0.3, 0.4) is 0 Å². The lowest BCUT2D eigenvalue weighted by atomic mass is 9.97. The number of esters is 1.